The van der Waals surface area contributed by atoms with Crippen molar-refractivity contribution in [1.82, 2.24) is 0 Å². The van der Waals surface area contributed by atoms with Gasteiger partial charge in [0.2, 0.25) is 0 Å². The van der Waals surface area contributed by atoms with Crippen molar-refractivity contribution in [1.29, 1.82) is 0 Å². The second-order valence-electron chi connectivity index (χ2n) is 3.45. The Labute approximate surface area is 98.7 Å². The molecule has 0 unspecified atom stereocenters. The van der Waals surface area contributed by atoms with Crippen LogP contribution in [0.4, 0.5) is 0 Å². The monoisotopic (exact) mass is 222 g/mol. The fourth-order valence-corrected chi connectivity index (χ4v) is 1.17. The van der Waals surface area contributed by atoms with Crippen molar-refractivity contribution in [3.8, 4) is 0 Å². The van der Waals surface area contributed by atoms with Crippen molar-refractivity contribution in [2.24, 2.45) is 0 Å². The van der Waals surface area contributed by atoms with Gasteiger partial charge in [-0.05, 0) is 32.6 Å². The summed E-state index contributed by atoms with van der Waals surface area (Å²) in [4.78, 5) is 10.8. The minimum atomic E-state index is -0.182. The van der Waals surface area contributed by atoms with Crippen LogP contribution in [0.25, 0.3) is 0 Å². The predicted molar refractivity (Wildman–Crippen MR) is 68.2 cm³/mol. The Balaban J connectivity index is 3.35. The second kappa shape index (κ2) is 11.8. The summed E-state index contributed by atoms with van der Waals surface area (Å²) in [5.74, 6) is -0.182. The van der Waals surface area contributed by atoms with Crippen molar-refractivity contribution >= 4 is 5.97 Å². The molecule has 0 amide bonds. The molecule has 0 fully saturated rings. The van der Waals surface area contributed by atoms with E-state index in [-0.39, 0.29) is 5.97 Å². The fraction of sp³-hybridized carbons (Fsp3) is 0.500. The molecule has 0 atom stereocenters. The number of unbranched alkanes of at least 4 members (excludes halogenated alkanes) is 2. The highest BCUT2D eigenvalue weighted by Crippen LogP contribution is 1.98. The Morgan fingerprint density at radius 3 is 1.94 bits per heavy atom. The third kappa shape index (κ3) is 10.8. The number of methoxy groups -OCH3 is 1. The van der Waals surface area contributed by atoms with Crippen LogP contribution in [-0.2, 0) is 9.53 Å². The molecule has 0 aromatic heterocycles. The topological polar surface area (TPSA) is 26.3 Å². The van der Waals surface area contributed by atoms with Gasteiger partial charge in [-0.2, -0.15) is 0 Å². The van der Waals surface area contributed by atoms with E-state index in [1.165, 1.54) is 7.11 Å². The zero-order valence-electron chi connectivity index (χ0n) is 10.3. The fourth-order valence-electron chi connectivity index (χ4n) is 1.17. The molecule has 0 heterocycles. The molecule has 0 aromatic rings. The number of esters is 1. The van der Waals surface area contributed by atoms with Gasteiger partial charge in [-0.15, -0.1) is 0 Å². The van der Waals surface area contributed by atoms with Crippen LogP contribution in [0.3, 0.4) is 0 Å². The van der Waals surface area contributed by atoms with Crippen molar-refractivity contribution in [2.75, 3.05) is 7.11 Å². The Bertz CT molecular complexity index is 249. The third-order valence-electron chi connectivity index (χ3n) is 2.08. The lowest BCUT2D eigenvalue weighted by atomic mass is 10.2. The van der Waals surface area contributed by atoms with Crippen molar-refractivity contribution in [2.45, 2.75) is 39.0 Å². The van der Waals surface area contributed by atoms with Gasteiger partial charge in [0.15, 0.2) is 0 Å². The highest BCUT2D eigenvalue weighted by atomic mass is 16.5. The van der Waals surface area contributed by atoms with Crippen LogP contribution in [0.1, 0.15) is 39.0 Å². The molecule has 0 N–H and O–H groups in total. The van der Waals surface area contributed by atoms with E-state index >= 15 is 0 Å². The first-order valence-corrected chi connectivity index (χ1v) is 5.79. The first-order valence-electron chi connectivity index (χ1n) is 5.79. The largest absolute Gasteiger partial charge is 0.469 e. The quantitative estimate of drug-likeness (QED) is 0.355. The summed E-state index contributed by atoms with van der Waals surface area (Å²) in [6, 6.07) is 0. The molecule has 0 radical (unpaired) electrons. The van der Waals surface area contributed by atoms with Gasteiger partial charge < -0.3 is 4.74 Å². The lowest BCUT2D eigenvalue weighted by Crippen LogP contribution is -1.96. The first-order chi connectivity index (χ1) is 7.81. The van der Waals surface area contributed by atoms with Gasteiger partial charge in [0.1, 0.15) is 0 Å². The van der Waals surface area contributed by atoms with E-state index in [0.29, 0.717) is 6.42 Å². The zero-order valence-corrected chi connectivity index (χ0v) is 10.3. The summed E-state index contributed by atoms with van der Waals surface area (Å²) in [6.45, 7) is 2.04. The van der Waals surface area contributed by atoms with Crippen LogP contribution in [-0.4, -0.2) is 13.1 Å². The SMILES string of the molecule is C/C=C/CC/C=C/CC/C=C\CC(=O)OC. The van der Waals surface area contributed by atoms with E-state index in [1.54, 1.807) is 0 Å². The van der Waals surface area contributed by atoms with Crippen LogP contribution in [0.15, 0.2) is 36.5 Å². The van der Waals surface area contributed by atoms with E-state index in [4.69, 9.17) is 0 Å². The van der Waals surface area contributed by atoms with Gasteiger partial charge in [0, 0.05) is 0 Å². The number of allylic oxidation sites excluding steroid dienone is 5. The molecule has 0 aliphatic carbocycles. The summed E-state index contributed by atoms with van der Waals surface area (Å²) >= 11 is 0. The van der Waals surface area contributed by atoms with Crippen LogP contribution in [0.5, 0.6) is 0 Å². The minimum absolute atomic E-state index is 0.182. The Kier molecular flexibility index (Phi) is 10.8. The molecule has 0 aliphatic heterocycles. The standard InChI is InChI=1S/C14H22O2/c1-3-4-5-6-7-8-9-10-11-12-13-14(15)16-2/h3-4,7-8,11-12H,5-6,9-10,13H2,1-2H3/b4-3+,8-7+,12-11-. The molecule has 0 aliphatic rings. The molecular formula is C14H22O2. The van der Waals surface area contributed by atoms with Crippen LogP contribution in [0.2, 0.25) is 0 Å². The molecule has 90 valence electrons. The van der Waals surface area contributed by atoms with Crippen molar-refractivity contribution in [3.05, 3.63) is 36.5 Å². The van der Waals surface area contributed by atoms with Crippen LogP contribution >= 0.6 is 0 Å². The molecule has 0 saturated heterocycles. The van der Waals surface area contributed by atoms with Gasteiger partial charge in [0.05, 0.1) is 13.5 Å². The number of carbonyl (C=O) groups is 1. The number of rotatable bonds is 8. The third-order valence-corrected chi connectivity index (χ3v) is 2.08. The molecule has 2 heteroatoms. The molecule has 0 spiro atoms. The number of hydrogen-bond donors (Lipinski definition) is 0. The summed E-state index contributed by atoms with van der Waals surface area (Å²) in [5.41, 5.74) is 0. The van der Waals surface area contributed by atoms with Gasteiger partial charge in [-0.25, -0.2) is 0 Å². The smallest absolute Gasteiger partial charge is 0.309 e. The van der Waals surface area contributed by atoms with E-state index in [9.17, 15) is 4.79 Å². The lowest BCUT2D eigenvalue weighted by Gasteiger charge is -1.92. The maximum atomic E-state index is 10.8. The van der Waals surface area contributed by atoms with Gasteiger partial charge in [-0.3, -0.25) is 4.79 Å². The molecular weight excluding hydrogens is 200 g/mol. The van der Waals surface area contributed by atoms with E-state index < -0.39 is 0 Å². The van der Waals surface area contributed by atoms with Gasteiger partial charge in [0.25, 0.3) is 0 Å². The highest BCUT2D eigenvalue weighted by molar-refractivity contribution is 5.70. The van der Waals surface area contributed by atoms with E-state index in [1.807, 2.05) is 19.1 Å². The molecule has 0 saturated carbocycles. The summed E-state index contributed by atoms with van der Waals surface area (Å²) in [7, 11) is 1.41. The molecule has 0 aromatic carbocycles. The Morgan fingerprint density at radius 1 is 0.938 bits per heavy atom. The molecule has 0 rings (SSSR count). The Hall–Kier alpha value is -1.31. The average Bonchev–Trinajstić information content (AvgIpc) is 2.31. The number of carbonyl (C=O) groups excluding carboxylic acids is 1. The highest BCUT2D eigenvalue weighted by Gasteiger charge is 1.92. The number of ether oxygens (including phenoxy) is 1. The average molecular weight is 222 g/mol. The Morgan fingerprint density at radius 2 is 1.44 bits per heavy atom. The summed E-state index contributed by atoms with van der Waals surface area (Å²) in [6.07, 6.45) is 17.1. The summed E-state index contributed by atoms with van der Waals surface area (Å²) < 4.78 is 4.52. The zero-order chi connectivity index (χ0) is 12.1. The molecule has 16 heavy (non-hydrogen) atoms. The van der Waals surface area contributed by atoms with E-state index in [2.05, 4.69) is 29.0 Å². The normalized spacial score (nSPS) is 11.9. The maximum absolute atomic E-state index is 10.8. The minimum Gasteiger partial charge on any atom is -0.469 e. The predicted octanol–water partition coefficient (Wildman–Crippen LogP) is 3.80. The van der Waals surface area contributed by atoms with Gasteiger partial charge in [-0.1, -0.05) is 36.5 Å². The van der Waals surface area contributed by atoms with Crippen LogP contribution in [0, 0.1) is 0 Å². The second-order valence-corrected chi connectivity index (χ2v) is 3.45. The van der Waals surface area contributed by atoms with Crippen molar-refractivity contribution in [3.63, 3.8) is 0 Å². The molecule has 2 nitrogen and oxygen atoms in total. The van der Waals surface area contributed by atoms with E-state index in [0.717, 1.165) is 25.7 Å². The lowest BCUT2D eigenvalue weighted by molar-refractivity contribution is -0.139. The summed E-state index contributed by atoms with van der Waals surface area (Å²) in [5, 5.41) is 0. The van der Waals surface area contributed by atoms with Crippen molar-refractivity contribution < 1.29 is 9.53 Å². The first kappa shape index (κ1) is 14.7. The molecule has 0 bridgehead atoms. The van der Waals surface area contributed by atoms with Crippen LogP contribution < -0.4 is 0 Å². The van der Waals surface area contributed by atoms with Gasteiger partial charge >= 0.3 is 5.97 Å². The number of hydrogen-bond acceptors (Lipinski definition) is 2. The maximum Gasteiger partial charge on any atom is 0.309 e.